The van der Waals surface area contributed by atoms with E-state index in [9.17, 15) is 4.79 Å². The molecule has 0 spiro atoms. The van der Waals surface area contributed by atoms with Crippen molar-refractivity contribution in [2.75, 3.05) is 13.7 Å². The van der Waals surface area contributed by atoms with E-state index in [4.69, 9.17) is 9.47 Å². The Bertz CT molecular complexity index is 853. The van der Waals surface area contributed by atoms with Gasteiger partial charge in [0.15, 0.2) is 0 Å². The average Bonchev–Trinajstić information content (AvgIpc) is 3.14. The molecule has 3 nitrogen and oxygen atoms in total. The second-order valence-electron chi connectivity index (χ2n) is 10.9. The number of carbonyl (C=O) groups excluding carboxylic acids is 1. The van der Waals surface area contributed by atoms with Gasteiger partial charge >= 0.3 is 5.97 Å². The third-order valence-corrected chi connectivity index (χ3v) is 9.53. The van der Waals surface area contributed by atoms with Crippen molar-refractivity contribution in [3.05, 3.63) is 34.4 Å². The van der Waals surface area contributed by atoms with E-state index >= 15 is 4.39 Å². The molecule has 178 valence electrons. The summed E-state index contributed by atoms with van der Waals surface area (Å²) in [6.07, 6.45) is 13.0. The lowest BCUT2D eigenvalue weighted by atomic mass is 9.47. The van der Waals surface area contributed by atoms with E-state index in [0.717, 1.165) is 56.3 Å². The minimum absolute atomic E-state index is 0.182. The Morgan fingerprint density at radius 2 is 1.88 bits per heavy atom. The molecule has 4 heteroatoms. The van der Waals surface area contributed by atoms with E-state index < -0.39 is 11.8 Å². The fourth-order valence-corrected chi connectivity index (χ4v) is 7.84. The topological polar surface area (TPSA) is 35.5 Å². The van der Waals surface area contributed by atoms with Gasteiger partial charge in [-0.25, -0.2) is 4.79 Å². The largest absolute Gasteiger partial charge is 0.501 e. The van der Waals surface area contributed by atoms with Crippen molar-refractivity contribution in [1.82, 2.24) is 0 Å². The van der Waals surface area contributed by atoms with E-state index in [1.807, 2.05) is 0 Å². The SMILES string of the molecule is CCCCC1=C2C=C(OC)CC[C@]2(C)[C@H]2CC[C@]3(C)C(=C(F)C(=O)OCC)CC[C@H]3[C@@H]2C1. The Labute approximate surface area is 193 Å². The van der Waals surface area contributed by atoms with Crippen LogP contribution in [0.5, 0.6) is 0 Å². The monoisotopic (exact) mass is 444 g/mol. The van der Waals surface area contributed by atoms with Crippen LogP contribution in [0, 0.1) is 28.6 Å². The molecule has 0 aliphatic heterocycles. The van der Waals surface area contributed by atoms with Crippen molar-refractivity contribution in [2.24, 2.45) is 28.6 Å². The molecule has 0 saturated heterocycles. The molecule has 0 bridgehead atoms. The van der Waals surface area contributed by atoms with Gasteiger partial charge in [0.1, 0.15) is 0 Å². The molecule has 2 saturated carbocycles. The van der Waals surface area contributed by atoms with E-state index in [-0.39, 0.29) is 17.4 Å². The second-order valence-corrected chi connectivity index (χ2v) is 10.9. The summed E-state index contributed by atoms with van der Waals surface area (Å²) in [7, 11) is 1.79. The number of unbranched alkanes of at least 4 members (excludes halogenated alkanes) is 1. The minimum atomic E-state index is -0.766. The van der Waals surface area contributed by atoms with Gasteiger partial charge in [-0.15, -0.1) is 0 Å². The Morgan fingerprint density at radius 1 is 1.12 bits per heavy atom. The third kappa shape index (κ3) is 3.66. The third-order valence-electron chi connectivity index (χ3n) is 9.53. The molecule has 0 N–H and O–H groups in total. The number of hydrogen-bond donors (Lipinski definition) is 0. The fraction of sp³-hybridized carbons (Fsp3) is 0.750. The Morgan fingerprint density at radius 3 is 2.56 bits per heavy atom. The lowest BCUT2D eigenvalue weighted by Crippen LogP contribution is -2.49. The van der Waals surface area contributed by atoms with Crippen LogP contribution >= 0.6 is 0 Å². The normalized spacial score (nSPS) is 37.8. The first-order chi connectivity index (χ1) is 15.3. The van der Waals surface area contributed by atoms with E-state index in [1.54, 1.807) is 25.2 Å². The number of fused-ring (bicyclic) bond motifs is 5. The summed E-state index contributed by atoms with van der Waals surface area (Å²) >= 11 is 0. The molecule has 4 aliphatic carbocycles. The van der Waals surface area contributed by atoms with Crippen molar-refractivity contribution >= 4 is 5.97 Å². The summed E-state index contributed by atoms with van der Waals surface area (Å²) in [4.78, 5) is 12.2. The molecule has 0 aromatic rings. The van der Waals surface area contributed by atoms with Crippen molar-refractivity contribution in [2.45, 2.75) is 91.9 Å². The zero-order chi connectivity index (χ0) is 23.1. The van der Waals surface area contributed by atoms with Gasteiger partial charge in [-0.3, -0.25) is 0 Å². The summed E-state index contributed by atoms with van der Waals surface area (Å²) in [6.45, 7) is 8.93. The van der Waals surface area contributed by atoms with Crippen molar-refractivity contribution in [1.29, 1.82) is 0 Å². The number of rotatable bonds is 6. The molecule has 0 aromatic heterocycles. The molecule has 5 atom stereocenters. The van der Waals surface area contributed by atoms with E-state index in [2.05, 4.69) is 26.8 Å². The molecule has 0 unspecified atom stereocenters. The first kappa shape index (κ1) is 23.6. The molecule has 0 amide bonds. The predicted molar refractivity (Wildman–Crippen MR) is 125 cm³/mol. The highest BCUT2D eigenvalue weighted by atomic mass is 19.1. The second kappa shape index (κ2) is 8.99. The summed E-state index contributed by atoms with van der Waals surface area (Å²) in [5, 5.41) is 0. The number of methoxy groups -OCH3 is 1. The Hall–Kier alpha value is -1.58. The van der Waals surface area contributed by atoms with Crippen LogP contribution in [0.3, 0.4) is 0 Å². The summed E-state index contributed by atoms with van der Waals surface area (Å²) in [5.41, 5.74) is 3.85. The molecule has 32 heavy (non-hydrogen) atoms. The summed E-state index contributed by atoms with van der Waals surface area (Å²) in [5.74, 6) is 1.38. The van der Waals surface area contributed by atoms with Crippen LogP contribution in [0.1, 0.15) is 91.9 Å². The van der Waals surface area contributed by atoms with Crippen LogP contribution in [-0.2, 0) is 14.3 Å². The van der Waals surface area contributed by atoms with Gasteiger partial charge in [0.25, 0.3) is 0 Å². The predicted octanol–water partition coefficient (Wildman–Crippen LogP) is 7.44. The number of esters is 1. The first-order valence-corrected chi connectivity index (χ1v) is 12.8. The van der Waals surface area contributed by atoms with Crippen LogP contribution in [0.4, 0.5) is 4.39 Å². The van der Waals surface area contributed by atoms with Gasteiger partial charge in [0.2, 0.25) is 5.83 Å². The zero-order valence-electron chi connectivity index (χ0n) is 20.7. The van der Waals surface area contributed by atoms with Gasteiger partial charge in [0.05, 0.1) is 19.5 Å². The van der Waals surface area contributed by atoms with Crippen LogP contribution in [0.2, 0.25) is 0 Å². The highest BCUT2D eigenvalue weighted by Crippen LogP contribution is 2.67. The highest BCUT2D eigenvalue weighted by Gasteiger charge is 2.58. The number of ether oxygens (including phenoxy) is 2. The molecule has 0 radical (unpaired) electrons. The van der Waals surface area contributed by atoms with Crippen LogP contribution in [-0.4, -0.2) is 19.7 Å². The lowest BCUT2D eigenvalue weighted by Gasteiger charge is -2.57. The summed E-state index contributed by atoms with van der Waals surface area (Å²) < 4.78 is 25.9. The number of halogens is 1. The van der Waals surface area contributed by atoms with Crippen molar-refractivity contribution in [3.8, 4) is 0 Å². The Balaban J connectivity index is 1.72. The minimum Gasteiger partial charge on any atom is -0.501 e. The van der Waals surface area contributed by atoms with Gasteiger partial charge in [0, 0.05) is 6.42 Å². The van der Waals surface area contributed by atoms with E-state index in [1.165, 1.54) is 12.8 Å². The molecular weight excluding hydrogens is 403 g/mol. The Kier molecular flexibility index (Phi) is 6.62. The maximum Gasteiger partial charge on any atom is 0.367 e. The van der Waals surface area contributed by atoms with Crippen molar-refractivity contribution < 1.29 is 18.7 Å². The van der Waals surface area contributed by atoms with Crippen LogP contribution < -0.4 is 0 Å². The average molecular weight is 445 g/mol. The van der Waals surface area contributed by atoms with Gasteiger partial charge in [-0.1, -0.05) is 32.8 Å². The van der Waals surface area contributed by atoms with Crippen LogP contribution in [0.25, 0.3) is 0 Å². The lowest BCUT2D eigenvalue weighted by molar-refractivity contribution is -0.140. The zero-order valence-corrected chi connectivity index (χ0v) is 20.7. The number of hydrogen-bond acceptors (Lipinski definition) is 3. The first-order valence-electron chi connectivity index (χ1n) is 12.8. The maximum atomic E-state index is 15.2. The quantitative estimate of drug-likeness (QED) is 0.315. The maximum absolute atomic E-state index is 15.2. The van der Waals surface area contributed by atoms with E-state index in [0.29, 0.717) is 24.2 Å². The smallest absolute Gasteiger partial charge is 0.367 e. The molecular formula is C28H41FO3. The van der Waals surface area contributed by atoms with Gasteiger partial charge in [-0.05, 0) is 104 Å². The highest BCUT2D eigenvalue weighted by molar-refractivity contribution is 5.87. The molecule has 0 aromatic carbocycles. The van der Waals surface area contributed by atoms with Crippen molar-refractivity contribution in [3.63, 3.8) is 0 Å². The number of allylic oxidation sites excluding steroid dienone is 5. The molecule has 4 rings (SSSR count). The standard InChI is InChI=1S/C28H41FO3/c1-6-8-9-18-16-20-21-10-11-23(25(29)26(30)32-7-2)27(21,3)15-13-22(20)28(4)14-12-19(31-5)17-24(18)28/h17,20-22H,6-16H2,1-5H3/t20-,21-,22-,27-,28+/m0/s1. The molecule has 0 heterocycles. The fourth-order valence-electron chi connectivity index (χ4n) is 7.84. The molecule has 2 fully saturated rings. The summed E-state index contributed by atoms with van der Waals surface area (Å²) in [6, 6.07) is 0. The van der Waals surface area contributed by atoms with Gasteiger partial charge in [-0.2, -0.15) is 4.39 Å². The van der Waals surface area contributed by atoms with Crippen LogP contribution in [0.15, 0.2) is 34.4 Å². The number of carbonyl (C=O) groups is 1. The molecule has 4 aliphatic rings. The van der Waals surface area contributed by atoms with Gasteiger partial charge < -0.3 is 9.47 Å².